The molecule has 104 valence electrons. The van der Waals surface area contributed by atoms with Crippen LogP contribution in [0.2, 0.25) is 0 Å². The number of carbonyl (C=O) groups excluding carboxylic acids is 1. The van der Waals surface area contributed by atoms with Gasteiger partial charge in [-0.2, -0.15) is 0 Å². The Balaban J connectivity index is 2.15. The summed E-state index contributed by atoms with van der Waals surface area (Å²) in [6.07, 6.45) is 0. The molecule has 0 saturated heterocycles. The van der Waals surface area contributed by atoms with Crippen molar-refractivity contribution in [1.82, 2.24) is 0 Å². The van der Waals surface area contributed by atoms with Crippen LogP contribution in [0.4, 0.5) is 0 Å². The van der Waals surface area contributed by atoms with Crippen molar-refractivity contribution in [1.29, 1.82) is 0 Å². The summed E-state index contributed by atoms with van der Waals surface area (Å²) in [6, 6.07) is 16.5. The lowest BCUT2D eigenvalue weighted by Crippen LogP contribution is -2.25. The average Bonchev–Trinajstić information content (AvgIpc) is 2.48. The number of benzene rings is 2. The Morgan fingerprint density at radius 3 is 2.10 bits per heavy atom. The normalized spacial score (nSPS) is 10.9. The highest BCUT2D eigenvalue weighted by molar-refractivity contribution is 5.89. The molecule has 20 heavy (non-hydrogen) atoms. The van der Waals surface area contributed by atoms with E-state index in [0.717, 1.165) is 11.3 Å². The second kappa shape index (κ2) is 5.78. The summed E-state index contributed by atoms with van der Waals surface area (Å²) < 4.78 is 10.7. The minimum Gasteiger partial charge on any atom is -0.497 e. The number of carbonyl (C=O) groups is 1. The van der Waals surface area contributed by atoms with Crippen molar-refractivity contribution in [2.75, 3.05) is 7.11 Å². The minimum absolute atomic E-state index is 0.327. The molecule has 0 aromatic heterocycles. The van der Waals surface area contributed by atoms with E-state index in [1.807, 2.05) is 56.3 Å². The second-order valence-corrected chi connectivity index (χ2v) is 4.99. The van der Waals surface area contributed by atoms with E-state index < -0.39 is 5.60 Å². The van der Waals surface area contributed by atoms with Crippen molar-refractivity contribution in [2.45, 2.75) is 19.4 Å². The Kier molecular flexibility index (Phi) is 4.08. The molecule has 0 N–H and O–H groups in total. The molecule has 0 spiro atoms. The predicted octanol–water partition coefficient (Wildman–Crippen LogP) is 3.79. The van der Waals surface area contributed by atoms with Gasteiger partial charge in [0.05, 0.1) is 12.7 Å². The molecule has 0 aliphatic heterocycles. The van der Waals surface area contributed by atoms with Crippen LogP contribution in [-0.4, -0.2) is 13.1 Å². The number of rotatable bonds is 4. The van der Waals surface area contributed by atoms with Gasteiger partial charge in [-0.3, -0.25) is 0 Å². The van der Waals surface area contributed by atoms with Gasteiger partial charge < -0.3 is 9.47 Å². The summed E-state index contributed by atoms with van der Waals surface area (Å²) in [5.74, 6) is 0.449. The molecule has 3 nitrogen and oxygen atoms in total. The quantitative estimate of drug-likeness (QED) is 0.793. The lowest BCUT2D eigenvalue weighted by molar-refractivity contribution is -0.00313. The molecular formula is C17H18O3. The SMILES string of the molecule is COc1ccc(C(C)(C)OC(=O)c2ccccc2)cc1. The minimum atomic E-state index is -0.695. The number of methoxy groups -OCH3 is 1. The number of esters is 1. The molecule has 0 aliphatic carbocycles. The first-order valence-electron chi connectivity index (χ1n) is 6.46. The van der Waals surface area contributed by atoms with Crippen LogP contribution in [0.25, 0.3) is 0 Å². The number of hydrogen-bond donors (Lipinski definition) is 0. The first-order chi connectivity index (χ1) is 9.53. The van der Waals surface area contributed by atoms with Crippen LogP contribution in [0, 0.1) is 0 Å². The van der Waals surface area contributed by atoms with Crippen LogP contribution in [0.15, 0.2) is 54.6 Å². The highest BCUT2D eigenvalue weighted by atomic mass is 16.6. The van der Waals surface area contributed by atoms with Gasteiger partial charge in [0.15, 0.2) is 0 Å². The smallest absolute Gasteiger partial charge is 0.338 e. The van der Waals surface area contributed by atoms with Crippen LogP contribution in [0.5, 0.6) is 5.75 Å². The summed E-state index contributed by atoms with van der Waals surface area (Å²) >= 11 is 0. The summed E-state index contributed by atoms with van der Waals surface area (Å²) in [5, 5.41) is 0. The Labute approximate surface area is 119 Å². The molecule has 0 bridgehead atoms. The van der Waals surface area contributed by atoms with Crippen LogP contribution < -0.4 is 4.74 Å². The van der Waals surface area contributed by atoms with E-state index in [9.17, 15) is 4.79 Å². The molecule has 3 heteroatoms. The largest absolute Gasteiger partial charge is 0.497 e. The first-order valence-corrected chi connectivity index (χ1v) is 6.46. The fourth-order valence-electron chi connectivity index (χ4n) is 1.92. The highest BCUT2D eigenvalue weighted by Gasteiger charge is 2.25. The molecule has 0 saturated carbocycles. The molecule has 0 unspecified atom stereocenters. The summed E-state index contributed by atoms with van der Waals surface area (Å²) in [6.45, 7) is 3.74. The third kappa shape index (κ3) is 3.18. The van der Waals surface area contributed by atoms with Crippen molar-refractivity contribution in [3.63, 3.8) is 0 Å². The van der Waals surface area contributed by atoms with Crippen LogP contribution in [0.3, 0.4) is 0 Å². The fourth-order valence-corrected chi connectivity index (χ4v) is 1.92. The monoisotopic (exact) mass is 270 g/mol. The van der Waals surface area contributed by atoms with E-state index in [-0.39, 0.29) is 5.97 Å². The van der Waals surface area contributed by atoms with E-state index in [2.05, 4.69) is 0 Å². The number of ether oxygens (including phenoxy) is 2. The lowest BCUT2D eigenvalue weighted by Gasteiger charge is -2.25. The Hall–Kier alpha value is -2.29. The third-order valence-corrected chi connectivity index (χ3v) is 3.14. The second-order valence-electron chi connectivity index (χ2n) is 4.99. The van der Waals surface area contributed by atoms with E-state index in [0.29, 0.717) is 5.56 Å². The Bertz CT molecular complexity index is 571. The van der Waals surface area contributed by atoms with Crippen molar-refractivity contribution in [3.05, 3.63) is 65.7 Å². The van der Waals surface area contributed by atoms with Gasteiger partial charge in [0.1, 0.15) is 11.4 Å². The topological polar surface area (TPSA) is 35.5 Å². The average molecular weight is 270 g/mol. The predicted molar refractivity (Wildman–Crippen MR) is 77.9 cm³/mol. The van der Waals surface area contributed by atoms with Gasteiger partial charge in [-0.05, 0) is 43.7 Å². The van der Waals surface area contributed by atoms with E-state index in [4.69, 9.17) is 9.47 Å². The summed E-state index contributed by atoms with van der Waals surface area (Å²) in [5.41, 5.74) is 0.774. The molecule has 2 aromatic carbocycles. The van der Waals surface area contributed by atoms with Gasteiger partial charge in [0.2, 0.25) is 0 Å². The maximum atomic E-state index is 12.1. The maximum Gasteiger partial charge on any atom is 0.338 e. The highest BCUT2D eigenvalue weighted by Crippen LogP contribution is 2.27. The molecule has 0 radical (unpaired) electrons. The Morgan fingerprint density at radius 2 is 1.55 bits per heavy atom. The zero-order chi connectivity index (χ0) is 14.6. The van der Waals surface area contributed by atoms with Crippen molar-refractivity contribution >= 4 is 5.97 Å². The summed E-state index contributed by atoms with van der Waals surface area (Å²) in [7, 11) is 1.62. The molecule has 2 aromatic rings. The van der Waals surface area contributed by atoms with E-state index in [1.165, 1.54) is 0 Å². The zero-order valence-corrected chi connectivity index (χ0v) is 11.9. The molecule has 0 atom stereocenters. The molecule has 0 fully saturated rings. The first kappa shape index (κ1) is 14.1. The molecule has 0 heterocycles. The third-order valence-electron chi connectivity index (χ3n) is 3.14. The van der Waals surface area contributed by atoms with Gasteiger partial charge in [-0.1, -0.05) is 30.3 Å². The molecule has 0 amide bonds. The fraction of sp³-hybridized carbons (Fsp3) is 0.235. The van der Waals surface area contributed by atoms with Crippen molar-refractivity contribution in [3.8, 4) is 5.75 Å². The lowest BCUT2D eigenvalue weighted by atomic mass is 9.98. The standard InChI is InChI=1S/C17H18O3/c1-17(2,14-9-11-15(19-3)12-10-14)20-16(18)13-7-5-4-6-8-13/h4-12H,1-3H3. The van der Waals surface area contributed by atoms with Crippen LogP contribution >= 0.6 is 0 Å². The van der Waals surface area contributed by atoms with Crippen LogP contribution in [-0.2, 0) is 10.3 Å². The molecule has 2 rings (SSSR count). The van der Waals surface area contributed by atoms with Gasteiger partial charge in [0, 0.05) is 0 Å². The zero-order valence-electron chi connectivity index (χ0n) is 11.9. The molecular weight excluding hydrogens is 252 g/mol. The van der Waals surface area contributed by atoms with Gasteiger partial charge in [0.25, 0.3) is 0 Å². The van der Waals surface area contributed by atoms with Crippen LogP contribution in [0.1, 0.15) is 29.8 Å². The van der Waals surface area contributed by atoms with E-state index in [1.54, 1.807) is 19.2 Å². The van der Waals surface area contributed by atoms with E-state index >= 15 is 0 Å². The van der Waals surface area contributed by atoms with Crippen molar-refractivity contribution < 1.29 is 14.3 Å². The maximum absolute atomic E-state index is 12.1. The summed E-state index contributed by atoms with van der Waals surface area (Å²) in [4.78, 5) is 12.1. The molecule has 0 aliphatic rings. The Morgan fingerprint density at radius 1 is 0.950 bits per heavy atom. The van der Waals surface area contributed by atoms with Gasteiger partial charge in [-0.25, -0.2) is 4.79 Å². The van der Waals surface area contributed by atoms with Gasteiger partial charge >= 0.3 is 5.97 Å². The van der Waals surface area contributed by atoms with Crippen molar-refractivity contribution in [2.24, 2.45) is 0 Å². The van der Waals surface area contributed by atoms with Gasteiger partial charge in [-0.15, -0.1) is 0 Å². The number of hydrogen-bond acceptors (Lipinski definition) is 3.